The molecule has 0 unspecified atom stereocenters. The minimum Gasteiger partial charge on any atom is -0.504 e. The second kappa shape index (κ2) is 33.4. The predicted octanol–water partition coefficient (Wildman–Crippen LogP) is 0.168. The fourth-order valence-corrected chi connectivity index (χ4v) is 12.4. The number of amides is 7. The Hall–Kier alpha value is -7.41. The largest absolute Gasteiger partial charge is 0.504 e. The number of hydrogen-bond acceptors (Lipinski definition) is 25. The fourth-order valence-electron chi connectivity index (χ4n) is 11.1. The van der Waals surface area contributed by atoms with Crippen molar-refractivity contribution in [2.24, 2.45) is 5.92 Å². The van der Waals surface area contributed by atoms with Crippen LogP contribution in [0.15, 0.2) is 66.7 Å². The van der Waals surface area contributed by atoms with Crippen LogP contribution < -0.4 is 40.8 Å². The number of nitrogens with one attached hydrogen (secondary N) is 6. The van der Waals surface area contributed by atoms with E-state index in [1.54, 1.807) is 26.2 Å². The lowest BCUT2D eigenvalue weighted by atomic mass is 9.98. The lowest BCUT2D eigenvalue weighted by Gasteiger charge is -2.36. The van der Waals surface area contributed by atoms with Crippen molar-refractivity contribution >= 4 is 82.4 Å². The number of rotatable bonds is 22. The maximum atomic E-state index is 15.0. The van der Waals surface area contributed by atoms with E-state index < -0.39 is 158 Å². The molecule has 7 amide bonds. The molecular formula is C59H76N10O20S3. The van der Waals surface area contributed by atoms with E-state index in [1.165, 1.54) is 35.6 Å². The van der Waals surface area contributed by atoms with E-state index in [0.29, 0.717) is 22.2 Å². The number of hydrogen-bond donors (Lipinski definition) is 13. The molecule has 4 fully saturated rings. The van der Waals surface area contributed by atoms with Crippen molar-refractivity contribution in [3.05, 3.63) is 77.9 Å². The number of ether oxygens (including phenoxy) is 3. The van der Waals surface area contributed by atoms with Crippen LogP contribution in [0.3, 0.4) is 0 Å². The van der Waals surface area contributed by atoms with Crippen molar-refractivity contribution < 1.29 is 97.2 Å². The lowest BCUT2D eigenvalue weighted by Crippen LogP contribution is -2.65. The van der Waals surface area contributed by atoms with E-state index in [4.69, 9.17) is 35.9 Å². The minimum atomic E-state index is -2.06. The smallest absolute Gasteiger partial charge is 0.261 e. The zero-order valence-electron chi connectivity index (χ0n) is 50.4. The molecule has 0 aliphatic carbocycles. The standard InChI is InChI=1S/C59H76N10O20S3/c1-30-28-69-48(49(30)75)54(80)61-27-36(71)25-39(62-50(76)33-10-12-34(13-11-33)55-66-67-56(91-55)35-14-16-38(17-15-35)85-22-8-6-4-5-7-21-84-3)51(77)63-45(31(2)70)57(81)68-29-37(72)26-40(68)52(78)64-46(53(79)65-47(58(69)82)43-19-20-60-59(90)86-43)42(74)23-32-9-18-41(73)44(24-32)87-92-89-88-83/h9-18,24,30-31,36-37,39-40,42-43,45-49,70-75,83H,4-8,19-23,25-29H2,1-3H3,(H,60,90)(H,61,80)(H,62,76)(H,63,77)(H,64,78)(H,65,79)/t30-,31+,36+,37+,39+,40+,42-,43-,45+,46+,47+,48+,49+/m1/s1. The van der Waals surface area contributed by atoms with Crippen LogP contribution in [0.4, 0.5) is 0 Å². The average Bonchev–Trinajstić information content (AvgIpc) is 1.61. The number of phenolic OH excluding ortho intramolecular Hbond substituents is 1. The van der Waals surface area contributed by atoms with Crippen molar-refractivity contribution in [2.45, 2.75) is 145 Å². The highest BCUT2D eigenvalue weighted by molar-refractivity contribution is 7.90. The van der Waals surface area contributed by atoms with Gasteiger partial charge >= 0.3 is 0 Å². The number of aliphatic hydroxyl groups is 5. The van der Waals surface area contributed by atoms with Gasteiger partial charge in [-0.25, -0.2) is 5.26 Å². The molecular weight excluding hydrogens is 1260 g/mol. The SMILES string of the molecule is COCCCCCCCOc1ccc(-c2nnc(-c3ccc(C(=O)N[C@H]4C[C@H](O)CNC(=O)[C@@H]5[C@@H](O)[C@H](C)CN5C(=O)[C@H]([C@H]5CCNC(=S)O5)NC(=O)[C@H]([C@H](O)Cc5ccc(O)c(OSOOO)c5)NC(=O)[C@@H]5C[C@H](O)CN5C(=O)[C@H]([C@H](C)O)NC4=O)cc3)s2)cc1. The highest BCUT2D eigenvalue weighted by Crippen LogP contribution is 2.34. The second-order valence-electron chi connectivity index (χ2n) is 22.8. The number of phenols is 1. The van der Waals surface area contributed by atoms with Crippen molar-refractivity contribution in [1.82, 2.24) is 51.9 Å². The Morgan fingerprint density at radius 2 is 1.48 bits per heavy atom. The molecule has 500 valence electrons. The molecule has 4 aromatic rings. The van der Waals surface area contributed by atoms with E-state index in [2.05, 4.69) is 51.5 Å². The quantitative estimate of drug-likeness (QED) is 0.0164. The summed E-state index contributed by atoms with van der Waals surface area (Å²) in [6.07, 6.45) is -5.93. The van der Waals surface area contributed by atoms with E-state index in [1.807, 2.05) is 24.3 Å². The van der Waals surface area contributed by atoms with Gasteiger partial charge in [-0.1, -0.05) is 65.1 Å². The van der Waals surface area contributed by atoms with Crippen molar-refractivity contribution in [2.75, 3.05) is 46.5 Å². The zero-order valence-corrected chi connectivity index (χ0v) is 52.9. The van der Waals surface area contributed by atoms with Gasteiger partial charge in [0.05, 0.1) is 37.1 Å². The van der Waals surface area contributed by atoms with Crippen molar-refractivity contribution in [3.63, 3.8) is 0 Å². The summed E-state index contributed by atoms with van der Waals surface area (Å²) >= 11 is 6.68. The number of carbonyl (C=O) groups excluding carboxylic acids is 7. The van der Waals surface area contributed by atoms with Gasteiger partial charge in [0, 0.05) is 88.2 Å². The first-order chi connectivity index (χ1) is 44.1. The van der Waals surface area contributed by atoms with Gasteiger partial charge < -0.3 is 90.7 Å². The van der Waals surface area contributed by atoms with Crippen molar-refractivity contribution in [1.29, 1.82) is 0 Å². The Morgan fingerprint density at radius 1 is 0.804 bits per heavy atom. The maximum absolute atomic E-state index is 15.0. The van der Waals surface area contributed by atoms with Gasteiger partial charge in [-0.15, -0.1) is 10.2 Å². The number of aromatic nitrogens is 2. The number of methoxy groups -OCH3 is 1. The van der Waals surface area contributed by atoms with Crippen LogP contribution in [0.1, 0.15) is 81.1 Å². The number of nitrogens with zero attached hydrogens (tertiary/aromatic N) is 4. The number of fused-ring (bicyclic) bond motifs is 2. The number of carbonyl (C=O) groups is 7. The topological polar surface area (TPSA) is 421 Å². The van der Waals surface area contributed by atoms with Crippen LogP contribution >= 0.6 is 35.9 Å². The third kappa shape index (κ3) is 18.5. The Morgan fingerprint density at radius 3 is 2.15 bits per heavy atom. The molecule has 4 aliphatic heterocycles. The average molecular weight is 1340 g/mol. The van der Waals surface area contributed by atoms with Crippen LogP contribution in [0.25, 0.3) is 21.1 Å². The Bertz CT molecular complexity index is 3210. The Labute approximate surface area is 542 Å². The Kier molecular flexibility index (Phi) is 25.6. The molecule has 0 bridgehead atoms. The van der Waals surface area contributed by atoms with Gasteiger partial charge in [-0.3, -0.25) is 33.6 Å². The molecule has 0 radical (unpaired) electrons. The number of aliphatic hydroxyl groups excluding tert-OH is 5. The summed E-state index contributed by atoms with van der Waals surface area (Å²) in [7, 11) is 1.70. The zero-order chi connectivity index (χ0) is 66.2. The molecule has 1 aromatic heterocycles. The normalized spacial score (nSPS) is 26.0. The summed E-state index contributed by atoms with van der Waals surface area (Å²) in [5, 5.41) is 105. The number of β-amino-alcohol motifs (C(OH)–C–C–N with tert-alkyl or cyclic N) is 1. The number of thiocarbonyl (C=S) groups is 1. The highest BCUT2D eigenvalue weighted by Gasteiger charge is 2.50. The number of aromatic hydroxyl groups is 1. The van der Waals surface area contributed by atoms with Crippen LogP contribution in [-0.2, 0) is 54.0 Å². The molecule has 8 rings (SSSR count). The van der Waals surface area contributed by atoms with Gasteiger partial charge in [0.25, 0.3) is 23.4 Å². The molecule has 13 N–H and O–H groups in total. The summed E-state index contributed by atoms with van der Waals surface area (Å²) in [5.74, 6) is -8.19. The lowest BCUT2D eigenvalue weighted by molar-refractivity contribution is -0.433. The number of unbranched alkanes of at least 4 members (excludes halogenated alkanes) is 4. The molecule has 3 aromatic carbocycles. The third-order valence-electron chi connectivity index (χ3n) is 16.0. The van der Waals surface area contributed by atoms with Crippen LogP contribution in [-0.4, -0.2) is 222 Å². The first-order valence-electron chi connectivity index (χ1n) is 29.9. The molecule has 33 heteroatoms. The first kappa shape index (κ1) is 70.5. The summed E-state index contributed by atoms with van der Waals surface area (Å²) in [6, 6.07) is 6.52. The number of benzene rings is 3. The third-order valence-corrected chi connectivity index (χ3v) is 17.6. The van der Waals surface area contributed by atoms with E-state index >= 15 is 4.79 Å². The molecule has 4 aliphatic rings. The van der Waals surface area contributed by atoms with Crippen LogP contribution in [0, 0.1) is 5.92 Å². The predicted molar refractivity (Wildman–Crippen MR) is 331 cm³/mol. The molecule has 0 spiro atoms. The summed E-state index contributed by atoms with van der Waals surface area (Å²) < 4.78 is 26.3. The Balaban J connectivity index is 1.05. The second-order valence-corrected chi connectivity index (χ2v) is 24.6. The van der Waals surface area contributed by atoms with Crippen LogP contribution in [0.2, 0.25) is 0 Å². The molecule has 4 saturated heterocycles. The van der Waals surface area contributed by atoms with Gasteiger partial charge in [-0.2, -0.15) is 0 Å². The fraction of sp³-hybridized carbons (Fsp3) is 0.525. The summed E-state index contributed by atoms with van der Waals surface area (Å²) in [6.45, 7) is 2.73. The van der Waals surface area contributed by atoms with Gasteiger partial charge in [0.2, 0.25) is 35.4 Å². The van der Waals surface area contributed by atoms with Gasteiger partial charge in [0.1, 0.15) is 58.1 Å². The summed E-state index contributed by atoms with van der Waals surface area (Å²) in [4.78, 5) is 104. The molecule has 92 heavy (non-hydrogen) atoms. The van der Waals surface area contributed by atoms with Crippen LogP contribution in [0.5, 0.6) is 17.2 Å². The monoisotopic (exact) mass is 1340 g/mol. The van der Waals surface area contributed by atoms with Gasteiger partial charge in [0.15, 0.2) is 11.5 Å². The first-order valence-corrected chi connectivity index (χ1v) is 31.8. The van der Waals surface area contributed by atoms with Gasteiger partial charge in [-0.05, 0) is 86.1 Å². The van der Waals surface area contributed by atoms with Crippen molar-refractivity contribution in [3.8, 4) is 38.4 Å². The molecule has 13 atom stereocenters. The molecule has 30 nitrogen and oxygen atoms in total. The molecule has 0 saturated carbocycles. The summed E-state index contributed by atoms with van der Waals surface area (Å²) in [5.41, 5.74) is 1.59. The van der Waals surface area contributed by atoms with E-state index in [9.17, 15) is 59.4 Å². The molecule has 5 heterocycles. The van der Waals surface area contributed by atoms with E-state index in [0.717, 1.165) is 72.8 Å². The highest BCUT2D eigenvalue weighted by atomic mass is 32.2. The maximum Gasteiger partial charge on any atom is 0.261 e. The van der Waals surface area contributed by atoms with E-state index in [-0.39, 0.29) is 53.9 Å². The minimum absolute atomic E-state index is 0.0116.